The predicted molar refractivity (Wildman–Crippen MR) is 74.5 cm³/mol. The summed E-state index contributed by atoms with van der Waals surface area (Å²) in [5.74, 6) is 0. The van der Waals surface area contributed by atoms with Crippen molar-refractivity contribution in [3.63, 3.8) is 0 Å². The lowest BCUT2D eigenvalue weighted by Crippen LogP contribution is -2.24. The first-order valence-corrected chi connectivity index (χ1v) is 7.44. The number of benzene rings is 1. The zero-order valence-corrected chi connectivity index (χ0v) is 12.4. The van der Waals surface area contributed by atoms with Gasteiger partial charge in [0.25, 0.3) is 0 Å². The van der Waals surface area contributed by atoms with Crippen LogP contribution in [0, 0.1) is 0 Å². The minimum absolute atomic E-state index is 0.0769. The Bertz CT molecular complexity index is 355. The highest BCUT2D eigenvalue weighted by atomic mass is 127. The van der Waals surface area contributed by atoms with E-state index in [0.29, 0.717) is 0 Å². The zero-order chi connectivity index (χ0) is 10.9. The quantitative estimate of drug-likeness (QED) is 0.542. The molecule has 82 valence electrons. The van der Waals surface area contributed by atoms with E-state index < -0.39 is 0 Å². The summed E-state index contributed by atoms with van der Waals surface area (Å²) < 4.78 is 8.31. The maximum absolute atomic E-state index is 6.11. The second kappa shape index (κ2) is 4.72. The van der Waals surface area contributed by atoms with Crippen LogP contribution in [-0.2, 0) is 4.74 Å². The Morgan fingerprint density at radius 3 is 3.00 bits per heavy atom. The van der Waals surface area contributed by atoms with Gasteiger partial charge in [-0.25, -0.2) is 0 Å². The molecule has 0 bridgehead atoms. The summed E-state index contributed by atoms with van der Waals surface area (Å²) in [6.45, 7) is 2.21. The third kappa shape index (κ3) is 2.74. The molecule has 1 aliphatic rings. The van der Waals surface area contributed by atoms with Crippen molar-refractivity contribution in [3.8, 4) is 0 Å². The van der Waals surface area contributed by atoms with Gasteiger partial charge in [0.15, 0.2) is 0 Å². The van der Waals surface area contributed by atoms with Gasteiger partial charge >= 0.3 is 0 Å². The van der Waals surface area contributed by atoms with Crippen LogP contribution in [0.3, 0.4) is 0 Å². The number of hydrogen-bond donors (Lipinski definition) is 0. The monoisotopic (exact) mass is 380 g/mol. The number of alkyl halides is 1. The van der Waals surface area contributed by atoms with Gasteiger partial charge in [-0.05, 0) is 37.5 Å². The Hall–Kier alpha value is 0.390. The van der Waals surface area contributed by atoms with E-state index in [1.165, 1.54) is 5.56 Å². The van der Waals surface area contributed by atoms with Crippen LogP contribution in [0.1, 0.15) is 31.4 Å². The van der Waals surface area contributed by atoms with Crippen LogP contribution in [0.2, 0.25) is 0 Å². The molecule has 1 heterocycles. The van der Waals surface area contributed by atoms with Crippen molar-refractivity contribution in [3.05, 3.63) is 34.3 Å². The molecular formula is C12H14BrIO. The SMILES string of the molecule is CC1(CI)CCC(c2cccc(Br)c2)O1. The molecule has 3 heteroatoms. The second-order valence-corrected chi connectivity index (χ2v) is 5.96. The lowest BCUT2D eigenvalue weighted by Gasteiger charge is -2.22. The maximum Gasteiger partial charge on any atom is 0.0834 e. The highest BCUT2D eigenvalue weighted by molar-refractivity contribution is 14.1. The van der Waals surface area contributed by atoms with Crippen molar-refractivity contribution in [2.24, 2.45) is 0 Å². The van der Waals surface area contributed by atoms with Crippen LogP contribution < -0.4 is 0 Å². The first kappa shape index (κ1) is 11.9. The molecule has 1 aliphatic heterocycles. The van der Waals surface area contributed by atoms with Gasteiger partial charge in [-0.1, -0.05) is 50.7 Å². The summed E-state index contributed by atoms with van der Waals surface area (Å²) in [6, 6.07) is 8.43. The van der Waals surface area contributed by atoms with Crippen molar-refractivity contribution < 1.29 is 4.74 Å². The highest BCUT2D eigenvalue weighted by Gasteiger charge is 2.35. The fourth-order valence-corrected chi connectivity index (χ4v) is 2.92. The third-order valence-electron chi connectivity index (χ3n) is 2.87. The topological polar surface area (TPSA) is 9.23 Å². The van der Waals surface area contributed by atoms with E-state index in [1.807, 2.05) is 0 Å². The molecule has 0 spiro atoms. The van der Waals surface area contributed by atoms with Crippen molar-refractivity contribution >= 4 is 38.5 Å². The average Bonchev–Trinajstić information content (AvgIpc) is 2.62. The van der Waals surface area contributed by atoms with Crippen LogP contribution in [0.5, 0.6) is 0 Å². The molecule has 1 aromatic carbocycles. The maximum atomic E-state index is 6.11. The molecule has 2 unspecified atom stereocenters. The summed E-state index contributed by atoms with van der Waals surface area (Å²) in [5.41, 5.74) is 1.37. The van der Waals surface area contributed by atoms with E-state index in [1.54, 1.807) is 0 Å². The third-order valence-corrected chi connectivity index (χ3v) is 4.97. The summed E-state index contributed by atoms with van der Waals surface area (Å²) in [5, 5.41) is 0. The van der Waals surface area contributed by atoms with E-state index >= 15 is 0 Å². The molecule has 1 nitrogen and oxygen atoms in total. The Kier molecular flexibility index (Phi) is 3.73. The molecule has 0 amide bonds. The first-order chi connectivity index (χ1) is 7.13. The fourth-order valence-electron chi connectivity index (χ4n) is 1.94. The molecule has 0 aromatic heterocycles. The van der Waals surface area contributed by atoms with Crippen molar-refractivity contribution in [2.75, 3.05) is 4.43 Å². The average molecular weight is 381 g/mol. The van der Waals surface area contributed by atoms with E-state index in [2.05, 4.69) is 69.7 Å². The smallest absolute Gasteiger partial charge is 0.0834 e. The van der Waals surface area contributed by atoms with Gasteiger partial charge in [-0.2, -0.15) is 0 Å². The highest BCUT2D eigenvalue weighted by Crippen LogP contribution is 2.40. The van der Waals surface area contributed by atoms with E-state index in [9.17, 15) is 0 Å². The van der Waals surface area contributed by atoms with Gasteiger partial charge in [-0.15, -0.1) is 0 Å². The van der Waals surface area contributed by atoms with E-state index in [0.717, 1.165) is 21.7 Å². The normalized spacial score (nSPS) is 30.7. The molecule has 15 heavy (non-hydrogen) atoms. The molecule has 0 aliphatic carbocycles. The molecule has 0 saturated carbocycles. The van der Waals surface area contributed by atoms with Gasteiger partial charge in [0, 0.05) is 8.90 Å². The molecular weight excluding hydrogens is 367 g/mol. The first-order valence-electron chi connectivity index (χ1n) is 5.12. The minimum Gasteiger partial charge on any atom is -0.367 e. The summed E-state index contributed by atoms with van der Waals surface area (Å²) in [4.78, 5) is 0. The van der Waals surface area contributed by atoms with Gasteiger partial charge in [0.1, 0.15) is 0 Å². The van der Waals surface area contributed by atoms with Crippen LogP contribution in [-0.4, -0.2) is 10.0 Å². The number of ether oxygens (including phenoxy) is 1. The predicted octanol–water partition coefficient (Wildman–Crippen LogP) is 4.49. The molecule has 2 atom stereocenters. The number of rotatable bonds is 2. The van der Waals surface area contributed by atoms with Crippen molar-refractivity contribution in [2.45, 2.75) is 31.5 Å². The van der Waals surface area contributed by atoms with E-state index in [-0.39, 0.29) is 11.7 Å². The molecule has 0 radical (unpaired) electrons. The van der Waals surface area contributed by atoms with Gasteiger partial charge in [0.05, 0.1) is 11.7 Å². The van der Waals surface area contributed by atoms with Gasteiger partial charge < -0.3 is 4.74 Å². The van der Waals surface area contributed by atoms with Crippen LogP contribution in [0.15, 0.2) is 28.7 Å². The van der Waals surface area contributed by atoms with Gasteiger partial charge in [-0.3, -0.25) is 0 Å². The fraction of sp³-hybridized carbons (Fsp3) is 0.500. The summed E-state index contributed by atoms with van der Waals surface area (Å²) in [7, 11) is 0. The lowest BCUT2D eigenvalue weighted by molar-refractivity contribution is -0.0109. The Morgan fingerprint density at radius 1 is 1.60 bits per heavy atom. The molecule has 1 saturated heterocycles. The summed E-state index contributed by atoms with van der Waals surface area (Å²) in [6.07, 6.45) is 2.57. The minimum atomic E-state index is 0.0769. The second-order valence-electron chi connectivity index (χ2n) is 4.28. The van der Waals surface area contributed by atoms with Crippen LogP contribution in [0.4, 0.5) is 0 Å². The molecule has 1 aromatic rings. The van der Waals surface area contributed by atoms with Crippen molar-refractivity contribution in [1.29, 1.82) is 0 Å². The summed E-state index contributed by atoms with van der Waals surface area (Å²) >= 11 is 5.91. The Morgan fingerprint density at radius 2 is 2.40 bits per heavy atom. The molecule has 0 N–H and O–H groups in total. The largest absolute Gasteiger partial charge is 0.367 e. The van der Waals surface area contributed by atoms with E-state index in [4.69, 9.17) is 4.74 Å². The number of halogens is 2. The van der Waals surface area contributed by atoms with Crippen LogP contribution >= 0.6 is 38.5 Å². The molecule has 2 rings (SSSR count). The zero-order valence-electron chi connectivity index (χ0n) is 8.67. The standard InChI is InChI=1S/C12H14BrIO/c1-12(8-14)6-5-11(15-12)9-3-2-4-10(13)7-9/h2-4,7,11H,5-6,8H2,1H3. The van der Waals surface area contributed by atoms with Crippen LogP contribution in [0.25, 0.3) is 0 Å². The number of hydrogen-bond acceptors (Lipinski definition) is 1. The Balaban J connectivity index is 2.14. The molecule has 1 fully saturated rings. The Labute approximate surface area is 113 Å². The van der Waals surface area contributed by atoms with Gasteiger partial charge in [0.2, 0.25) is 0 Å². The van der Waals surface area contributed by atoms with Crippen molar-refractivity contribution in [1.82, 2.24) is 0 Å². The lowest BCUT2D eigenvalue weighted by atomic mass is 10.0.